The highest BCUT2D eigenvalue weighted by atomic mass is 16.3. The molecule has 1 aliphatic rings. The van der Waals surface area contributed by atoms with Gasteiger partial charge in [-0.25, -0.2) is 0 Å². The molecule has 3 rings (SSSR count). The molecule has 8 nitrogen and oxygen atoms in total. The molecule has 0 aromatic heterocycles. The van der Waals surface area contributed by atoms with E-state index in [1.54, 1.807) is 29.2 Å². The van der Waals surface area contributed by atoms with E-state index in [0.717, 1.165) is 17.5 Å². The van der Waals surface area contributed by atoms with Crippen molar-refractivity contribution in [3.8, 4) is 0 Å². The zero-order chi connectivity index (χ0) is 21.5. The van der Waals surface area contributed by atoms with Crippen molar-refractivity contribution in [1.29, 1.82) is 5.41 Å². The minimum atomic E-state index is -0.827. The van der Waals surface area contributed by atoms with Gasteiger partial charge in [-0.2, -0.15) is 0 Å². The minimum Gasteiger partial charge on any atom is -0.394 e. The zero-order valence-corrected chi connectivity index (χ0v) is 16.7. The van der Waals surface area contributed by atoms with Gasteiger partial charge in [-0.3, -0.25) is 20.3 Å². The highest BCUT2D eigenvalue weighted by Gasteiger charge is 2.22. The number of nitrogens with zero attached hydrogens (tertiary/aromatic N) is 1. The topological polar surface area (TPSA) is 132 Å². The van der Waals surface area contributed by atoms with E-state index in [2.05, 4.69) is 16.7 Å². The second-order valence-corrected chi connectivity index (χ2v) is 7.28. The Bertz CT molecular complexity index is 913. The molecule has 2 aromatic rings. The molecule has 2 amide bonds. The molecule has 1 atom stereocenters. The summed E-state index contributed by atoms with van der Waals surface area (Å²) in [6.45, 7) is 1.04. The molecule has 158 valence electrons. The number of nitrogens with one attached hydrogen (secondary N) is 3. The van der Waals surface area contributed by atoms with Crippen molar-refractivity contribution in [2.24, 2.45) is 5.73 Å². The molecule has 2 aromatic carbocycles. The first-order chi connectivity index (χ1) is 14.5. The number of aliphatic hydroxyl groups is 1. The first-order valence-corrected chi connectivity index (χ1v) is 9.87. The Morgan fingerprint density at radius 3 is 2.50 bits per heavy atom. The summed E-state index contributed by atoms with van der Waals surface area (Å²) in [6, 6.07) is 14.3. The van der Waals surface area contributed by atoms with Gasteiger partial charge in [-0.1, -0.05) is 48.5 Å². The predicted molar refractivity (Wildman–Crippen MR) is 114 cm³/mol. The molecule has 1 unspecified atom stereocenters. The Hall–Kier alpha value is -3.23. The lowest BCUT2D eigenvalue weighted by molar-refractivity contribution is -0.134. The van der Waals surface area contributed by atoms with Crippen molar-refractivity contribution in [1.82, 2.24) is 15.5 Å². The van der Waals surface area contributed by atoms with Gasteiger partial charge >= 0.3 is 0 Å². The Kier molecular flexibility index (Phi) is 7.16. The van der Waals surface area contributed by atoms with Crippen LogP contribution >= 0.6 is 0 Å². The summed E-state index contributed by atoms with van der Waals surface area (Å²) in [5.74, 6) is -0.582. The van der Waals surface area contributed by atoms with E-state index >= 15 is 0 Å². The van der Waals surface area contributed by atoms with E-state index in [9.17, 15) is 14.7 Å². The Labute approximate surface area is 175 Å². The van der Waals surface area contributed by atoms with E-state index in [1.807, 2.05) is 18.2 Å². The van der Waals surface area contributed by atoms with Gasteiger partial charge in [0.1, 0.15) is 11.9 Å². The van der Waals surface area contributed by atoms with Crippen LogP contribution in [0.5, 0.6) is 0 Å². The van der Waals surface area contributed by atoms with Gasteiger partial charge in [0.25, 0.3) is 0 Å². The Morgan fingerprint density at radius 1 is 1.13 bits per heavy atom. The second kappa shape index (κ2) is 10.00. The van der Waals surface area contributed by atoms with E-state index in [1.165, 1.54) is 5.56 Å². The van der Waals surface area contributed by atoms with Crippen LogP contribution in [0.3, 0.4) is 0 Å². The number of carbonyl (C=O) groups excluding carboxylic acids is 2. The number of benzene rings is 2. The molecule has 0 aliphatic carbocycles. The largest absolute Gasteiger partial charge is 0.394 e. The number of amidine groups is 1. The minimum absolute atomic E-state index is 0.0102. The maximum absolute atomic E-state index is 12.5. The van der Waals surface area contributed by atoms with E-state index in [4.69, 9.17) is 11.1 Å². The summed E-state index contributed by atoms with van der Waals surface area (Å²) in [6.07, 6.45) is 0.805. The molecule has 0 fully saturated rings. The molecule has 30 heavy (non-hydrogen) atoms. The normalized spacial score (nSPS) is 14.0. The van der Waals surface area contributed by atoms with Gasteiger partial charge in [-0.15, -0.1) is 0 Å². The van der Waals surface area contributed by atoms with Gasteiger partial charge in [0.2, 0.25) is 11.8 Å². The first-order valence-electron chi connectivity index (χ1n) is 9.87. The summed E-state index contributed by atoms with van der Waals surface area (Å²) in [7, 11) is 0. The van der Waals surface area contributed by atoms with Crippen molar-refractivity contribution >= 4 is 17.6 Å². The average Bonchev–Trinajstić information content (AvgIpc) is 2.77. The number of nitrogen functional groups attached to an aromatic ring is 1. The fraction of sp³-hybridized carbons (Fsp3) is 0.318. The van der Waals surface area contributed by atoms with Crippen molar-refractivity contribution < 1.29 is 14.7 Å². The zero-order valence-electron chi connectivity index (χ0n) is 16.7. The number of hydrogen-bond acceptors (Lipinski definition) is 5. The third kappa shape index (κ3) is 5.43. The molecular formula is C22H27N5O3. The molecule has 8 heteroatoms. The number of nitrogens with two attached hydrogens (primary N) is 1. The number of aliphatic hydroxyl groups excluding tert-OH is 1. The molecule has 1 aliphatic heterocycles. The van der Waals surface area contributed by atoms with Crippen LogP contribution in [0.15, 0.2) is 48.5 Å². The van der Waals surface area contributed by atoms with E-state index < -0.39 is 11.9 Å². The highest BCUT2D eigenvalue weighted by molar-refractivity contribution is 5.94. The molecule has 0 saturated heterocycles. The molecule has 6 N–H and O–H groups in total. The number of fused-ring (bicyclic) bond motifs is 1. The van der Waals surface area contributed by atoms with Crippen molar-refractivity contribution in [2.75, 3.05) is 19.7 Å². The van der Waals surface area contributed by atoms with Crippen LogP contribution in [0.25, 0.3) is 0 Å². The highest BCUT2D eigenvalue weighted by Crippen LogP contribution is 2.18. The maximum Gasteiger partial charge on any atom is 0.242 e. The van der Waals surface area contributed by atoms with Crippen molar-refractivity contribution in [3.63, 3.8) is 0 Å². The monoisotopic (exact) mass is 409 g/mol. The molecule has 0 spiro atoms. The summed E-state index contributed by atoms with van der Waals surface area (Å²) >= 11 is 0. The number of amides is 2. The SMILES string of the molecule is N=C(N)c1ccc(CNC(CO)C(=O)NCC(=O)N2CCc3ccccc3C2)cc1. The number of rotatable bonds is 8. The fourth-order valence-electron chi connectivity index (χ4n) is 3.39. The molecule has 1 heterocycles. The number of carbonyl (C=O) groups is 2. The standard InChI is InChI=1S/C22H27N5O3/c23-21(24)17-7-5-15(6-8-17)11-25-19(14-28)22(30)26-12-20(29)27-10-9-16-3-1-2-4-18(16)13-27/h1-8,19,25,28H,9-14H2,(H3,23,24)(H,26,30). The van der Waals surface area contributed by atoms with Gasteiger partial charge < -0.3 is 21.1 Å². The lowest BCUT2D eigenvalue weighted by Crippen LogP contribution is -2.49. The molecule has 0 bridgehead atoms. The summed E-state index contributed by atoms with van der Waals surface area (Å²) < 4.78 is 0. The van der Waals surface area contributed by atoms with Crippen LogP contribution in [0, 0.1) is 5.41 Å². The molecule has 0 saturated carbocycles. The van der Waals surface area contributed by atoms with Crippen LogP contribution < -0.4 is 16.4 Å². The smallest absolute Gasteiger partial charge is 0.242 e. The second-order valence-electron chi connectivity index (χ2n) is 7.28. The van der Waals surface area contributed by atoms with E-state index in [-0.39, 0.29) is 24.9 Å². The predicted octanol–water partition coefficient (Wildman–Crippen LogP) is 0.122. The summed E-state index contributed by atoms with van der Waals surface area (Å²) in [5.41, 5.74) is 9.33. The fourth-order valence-corrected chi connectivity index (χ4v) is 3.39. The van der Waals surface area contributed by atoms with Gasteiger partial charge in [0, 0.05) is 25.2 Å². The lowest BCUT2D eigenvalue weighted by atomic mass is 10.00. The average molecular weight is 409 g/mol. The summed E-state index contributed by atoms with van der Waals surface area (Å²) in [4.78, 5) is 26.6. The van der Waals surface area contributed by atoms with Crippen LogP contribution in [0.4, 0.5) is 0 Å². The van der Waals surface area contributed by atoms with Crippen molar-refractivity contribution in [3.05, 3.63) is 70.8 Å². The Balaban J connectivity index is 1.46. The third-order valence-electron chi connectivity index (χ3n) is 5.21. The maximum atomic E-state index is 12.5. The van der Waals surface area contributed by atoms with Gasteiger partial charge in [-0.05, 0) is 23.1 Å². The van der Waals surface area contributed by atoms with Crippen molar-refractivity contribution in [2.45, 2.75) is 25.6 Å². The van der Waals surface area contributed by atoms with Crippen LogP contribution in [0.2, 0.25) is 0 Å². The number of hydrogen-bond donors (Lipinski definition) is 5. The van der Waals surface area contributed by atoms with Crippen LogP contribution in [0.1, 0.15) is 22.3 Å². The van der Waals surface area contributed by atoms with E-state index in [0.29, 0.717) is 25.2 Å². The van der Waals surface area contributed by atoms with Crippen LogP contribution in [-0.4, -0.2) is 53.4 Å². The first kappa shape index (κ1) is 21.5. The Morgan fingerprint density at radius 2 is 1.83 bits per heavy atom. The summed E-state index contributed by atoms with van der Waals surface area (Å²) in [5, 5.41) is 22.5. The lowest BCUT2D eigenvalue weighted by Gasteiger charge is -2.29. The van der Waals surface area contributed by atoms with Gasteiger partial charge in [0.05, 0.1) is 13.2 Å². The van der Waals surface area contributed by atoms with Crippen LogP contribution in [-0.2, 0) is 29.1 Å². The molecule has 0 radical (unpaired) electrons. The quantitative estimate of drug-likeness (QED) is 0.312. The third-order valence-corrected chi connectivity index (χ3v) is 5.21. The molecular weight excluding hydrogens is 382 g/mol. The van der Waals surface area contributed by atoms with Gasteiger partial charge in [0.15, 0.2) is 0 Å².